The fourth-order valence-electron chi connectivity index (χ4n) is 2.30. The number of halogens is 1. The molecule has 2 fully saturated rings. The zero-order valence-electron chi connectivity index (χ0n) is 9.85. The van der Waals surface area contributed by atoms with Crippen molar-refractivity contribution in [2.24, 2.45) is 5.92 Å². The molecule has 0 aromatic heterocycles. The molecule has 0 amide bonds. The summed E-state index contributed by atoms with van der Waals surface area (Å²) in [4.78, 5) is 0. The van der Waals surface area contributed by atoms with E-state index in [9.17, 15) is 8.42 Å². The highest BCUT2D eigenvalue weighted by molar-refractivity contribution is 7.99. The first-order valence-electron chi connectivity index (χ1n) is 6.03. The Bertz CT molecular complexity index is 344. The topological polar surface area (TPSA) is 40.6 Å². The number of hydrogen-bond acceptors (Lipinski definition) is 3. The van der Waals surface area contributed by atoms with Gasteiger partial charge in [-0.3, -0.25) is 0 Å². The van der Waals surface area contributed by atoms with Crippen LogP contribution in [-0.4, -0.2) is 60.6 Å². The SMILES string of the molecule is O=S(=O)(N1CCSCC1)N1CCCC(CCl)C1. The Kier molecular flexibility index (Phi) is 5.00. The molecule has 0 radical (unpaired) electrons. The molecule has 0 aromatic rings. The van der Waals surface area contributed by atoms with Gasteiger partial charge < -0.3 is 0 Å². The van der Waals surface area contributed by atoms with Gasteiger partial charge in [-0.2, -0.15) is 28.8 Å². The number of thioether (sulfide) groups is 1. The molecular formula is C10H19ClN2O2S2. The van der Waals surface area contributed by atoms with Gasteiger partial charge >= 0.3 is 0 Å². The number of piperidine rings is 1. The van der Waals surface area contributed by atoms with Crippen LogP contribution in [0.15, 0.2) is 0 Å². The molecule has 0 saturated carbocycles. The maximum atomic E-state index is 12.4. The van der Waals surface area contributed by atoms with Crippen molar-refractivity contribution in [3.63, 3.8) is 0 Å². The summed E-state index contributed by atoms with van der Waals surface area (Å²) >= 11 is 7.66. The summed E-state index contributed by atoms with van der Waals surface area (Å²) in [6.45, 7) is 2.54. The van der Waals surface area contributed by atoms with E-state index in [0.717, 1.165) is 24.3 Å². The average Bonchev–Trinajstić information content (AvgIpc) is 2.40. The van der Waals surface area contributed by atoms with Crippen molar-refractivity contribution in [2.45, 2.75) is 12.8 Å². The first kappa shape index (κ1) is 13.9. The minimum Gasteiger partial charge on any atom is -0.195 e. The molecule has 100 valence electrons. The molecule has 7 heteroatoms. The molecule has 1 unspecified atom stereocenters. The molecule has 0 N–H and O–H groups in total. The molecule has 17 heavy (non-hydrogen) atoms. The molecule has 2 saturated heterocycles. The van der Waals surface area contributed by atoms with Crippen molar-refractivity contribution in [1.29, 1.82) is 0 Å². The third-order valence-electron chi connectivity index (χ3n) is 3.32. The molecule has 2 aliphatic rings. The second-order valence-electron chi connectivity index (χ2n) is 4.54. The van der Waals surface area contributed by atoms with Gasteiger partial charge in [0.05, 0.1) is 0 Å². The standard InChI is InChI=1S/C10H19ClN2O2S2/c11-8-10-2-1-3-13(9-10)17(14,15)12-4-6-16-7-5-12/h10H,1-9H2. The third-order valence-corrected chi connectivity index (χ3v) is 6.70. The van der Waals surface area contributed by atoms with Crippen molar-refractivity contribution in [1.82, 2.24) is 8.61 Å². The summed E-state index contributed by atoms with van der Waals surface area (Å²) in [6, 6.07) is 0. The zero-order valence-corrected chi connectivity index (χ0v) is 12.2. The van der Waals surface area contributed by atoms with E-state index in [1.165, 1.54) is 0 Å². The summed E-state index contributed by atoms with van der Waals surface area (Å²) in [5, 5.41) is 0. The first-order chi connectivity index (χ1) is 8.14. The Hall–Kier alpha value is 0.510. The Morgan fingerprint density at radius 2 is 1.88 bits per heavy atom. The largest absolute Gasteiger partial charge is 0.282 e. The van der Waals surface area contributed by atoms with Gasteiger partial charge in [-0.15, -0.1) is 11.6 Å². The fraction of sp³-hybridized carbons (Fsp3) is 1.00. The van der Waals surface area contributed by atoms with E-state index in [-0.39, 0.29) is 0 Å². The monoisotopic (exact) mass is 298 g/mol. The van der Waals surface area contributed by atoms with Crippen LogP contribution >= 0.6 is 23.4 Å². The highest BCUT2D eigenvalue weighted by Gasteiger charge is 2.33. The third kappa shape index (κ3) is 3.29. The van der Waals surface area contributed by atoms with Gasteiger partial charge in [-0.05, 0) is 18.8 Å². The molecule has 0 aliphatic carbocycles. The highest BCUT2D eigenvalue weighted by atomic mass is 35.5. The van der Waals surface area contributed by atoms with Gasteiger partial charge in [0.1, 0.15) is 0 Å². The Morgan fingerprint density at radius 1 is 1.18 bits per heavy atom. The maximum absolute atomic E-state index is 12.4. The first-order valence-corrected chi connectivity index (χ1v) is 9.12. The average molecular weight is 299 g/mol. The molecule has 2 heterocycles. The number of alkyl halides is 1. The Labute approximate surface area is 113 Å². The van der Waals surface area contributed by atoms with Gasteiger partial charge in [0.25, 0.3) is 10.2 Å². The van der Waals surface area contributed by atoms with E-state index in [1.807, 2.05) is 11.8 Å². The van der Waals surface area contributed by atoms with Crippen molar-refractivity contribution < 1.29 is 8.42 Å². The van der Waals surface area contributed by atoms with E-state index < -0.39 is 10.2 Å². The normalized spacial score (nSPS) is 29.4. The number of hydrogen-bond donors (Lipinski definition) is 0. The van der Waals surface area contributed by atoms with Gasteiger partial charge in [-0.1, -0.05) is 0 Å². The minimum absolute atomic E-state index is 0.319. The lowest BCUT2D eigenvalue weighted by Gasteiger charge is -2.36. The summed E-state index contributed by atoms with van der Waals surface area (Å²) in [5.74, 6) is 2.69. The summed E-state index contributed by atoms with van der Waals surface area (Å²) < 4.78 is 28.1. The van der Waals surface area contributed by atoms with Gasteiger partial charge in [0.15, 0.2) is 0 Å². The summed E-state index contributed by atoms with van der Waals surface area (Å²) in [6.07, 6.45) is 1.98. The fourth-order valence-corrected chi connectivity index (χ4v) is 5.42. The van der Waals surface area contributed by atoms with Crippen molar-refractivity contribution in [3.8, 4) is 0 Å². The second-order valence-corrected chi connectivity index (χ2v) is 8.00. The molecule has 0 bridgehead atoms. The van der Waals surface area contributed by atoms with Crippen LogP contribution in [0.1, 0.15) is 12.8 Å². The predicted molar refractivity (Wildman–Crippen MR) is 72.8 cm³/mol. The Balaban J connectivity index is 2.03. The van der Waals surface area contributed by atoms with E-state index in [4.69, 9.17) is 11.6 Å². The molecule has 2 rings (SSSR count). The van der Waals surface area contributed by atoms with Crippen LogP contribution in [-0.2, 0) is 10.2 Å². The lowest BCUT2D eigenvalue weighted by atomic mass is 10.0. The van der Waals surface area contributed by atoms with Crippen LogP contribution in [0.3, 0.4) is 0 Å². The lowest BCUT2D eigenvalue weighted by Crippen LogP contribution is -2.50. The summed E-state index contributed by atoms with van der Waals surface area (Å²) in [5.41, 5.74) is 0. The number of nitrogens with zero attached hydrogens (tertiary/aromatic N) is 2. The summed E-state index contributed by atoms with van der Waals surface area (Å²) in [7, 11) is -3.23. The van der Waals surface area contributed by atoms with Crippen LogP contribution in [0.25, 0.3) is 0 Å². The minimum atomic E-state index is -3.23. The van der Waals surface area contributed by atoms with Crippen molar-refractivity contribution in [3.05, 3.63) is 0 Å². The number of rotatable bonds is 3. The van der Waals surface area contributed by atoms with Gasteiger partial charge in [0, 0.05) is 43.6 Å². The second kappa shape index (κ2) is 6.10. The molecule has 0 spiro atoms. The maximum Gasteiger partial charge on any atom is 0.282 e. The molecule has 0 aromatic carbocycles. The Morgan fingerprint density at radius 3 is 2.53 bits per heavy atom. The van der Waals surface area contributed by atoms with Crippen molar-refractivity contribution in [2.75, 3.05) is 43.6 Å². The van der Waals surface area contributed by atoms with Crippen LogP contribution in [0.5, 0.6) is 0 Å². The van der Waals surface area contributed by atoms with E-state index in [0.29, 0.717) is 38.0 Å². The lowest BCUT2D eigenvalue weighted by molar-refractivity contribution is 0.262. The van der Waals surface area contributed by atoms with E-state index >= 15 is 0 Å². The smallest absolute Gasteiger partial charge is 0.195 e. The van der Waals surface area contributed by atoms with Crippen molar-refractivity contribution >= 4 is 33.6 Å². The molecule has 2 aliphatic heterocycles. The van der Waals surface area contributed by atoms with Gasteiger partial charge in [-0.25, -0.2) is 0 Å². The molecular weight excluding hydrogens is 280 g/mol. The van der Waals surface area contributed by atoms with Crippen LogP contribution in [0.2, 0.25) is 0 Å². The molecule has 4 nitrogen and oxygen atoms in total. The highest BCUT2D eigenvalue weighted by Crippen LogP contribution is 2.23. The van der Waals surface area contributed by atoms with E-state index in [2.05, 4.69) is 0 Å². The van der Waals surface area contributed by atoms with E-state index in [1.54, 1.807) is 8.61 Å². The van der Waals surface area contributed by atoms with Crippen LogP contribution in [0.4, 0.5) is 0 Å². The van der Waals surface area contributed by atoms with Crippen LogP contribution in [0, 0.1) is 5.92 Å². The predicted octanol–water partition coefficient (Wildman–Crippen LogP) is 1.23. The van der Waals surface area contributed by atoms with Gasteiger partial charge in [0.2, 0.25) is 0 Å². The zero-order chi connectivity index (χ0) is 12.3. The quantitative estimate of drug-likeness (QED) is 0.736. The molecule has 1 atom stereocenters. The van der Waals surface area contributed by atoms with Crippen LogP contribution < -0.4 is 0 Å².